The van der Waals surface area contributed by atoms with Crippen LogP contribution >= 0.6 is 0 Å². The molecule has 3 aliphatic rings. The topological polar surface area (TPSA) is 111 Å². The molecule has 6 nitrogen and oxygen atoms in total. The predicted molar refractivity (Wildman–Crippen MR) is 96.3 cm³/mol. The molecule has 3 atom stereocenters. The Bertz CT molecular complexity index is 918. The molecule has 1 aromatic carbocycles. The van der Waals surface area contributed by atoms with E-state index in [1.807, 2.05) is 30.3 Å². The van der Waals surface area contributed by atoms with Crippen molar-refractivity contribution in [2.45, 2.75) is 44.1 Å². The smallest absolute Gasteiger partial charge is 0.256 e. The number of hydrogen-bond donors (Lipinski definition) is 1. The van der Waals surface area contributed by atoms with Gasteiger partial charge in [0.15, 0.2) is 5.41 Å². The van der Waals surface area contributed by atoms with Crippen molar-refractivity contribution in [2.24, 2.45) is 17.1 Å². The van der Waals surface area contributed by atoms with Crippen molar-refractivity contribution in [1.82, 2.24) is 4.90 Å². The minimum Gasteiger partial charge on any atom is -0.399 e. The van der Waals surface area contributed by atoms with E-state index >= 15 is 0 Å². The summed E-state index contributed by atoms with van der Waals surface area (Å²) in [6.45, 7) is 0. The molecule has 2 unspecified atom stereocenters. The van der Waals surface area contributed by atoms with Crippen LogP contribution in [0.15, 0.2) is 41.6 Å². The molecule has 1 heterocycles. The zero-order valence-corrected chi connectivity index (χ0v) is 14.9. The van der Waals surface area contributed by atoms with E-state index in [2.05, 4.69) is 12.1 Å². The third-order valence-corrected chi connectivity index (χ3v) is 6.28. The van der Waals surface area contributed by atoms with Crippen molar-refractivity contribution < 1.29 is 9.59 Å². The lowest BCUT2D eigenvalue weighted by molar-refractivity contribution is -0.143. The fourth-order valence-electron chi connectivity index (χ4n) is 4.99. The molecule has 0 aromatic heterocycles. The van der Waals surface area contributed by atoms with Crippen LogP contribution in [-0.4, -0.2) is 22.8 Å². The molecule has 2 amide bonds. The number of fused-ring (bicyclic) bond motifs is 1. The standard InChI is InChI=1S/C21H20N4O2/c22-11-15-16(13-7-3-1-4-8-13)17-19(26)25(14-9-5-2-6-10-14)20(27)21(17,12-23)18(15)24/h1,3-4,7-8,14,16-17H,2,5-6,9-10,24H2/t16-,17?,21?/m1/s1. The second-order valence-corrected chi connectivity index (χ2v) is 7.53. The van der Waals surface area contributed by atoms with Gasteiger partial charge in [0.2, 0.25) is 5.91 Å². The maximum atomic E-state index is 13.4. The number of nitrogens with zero attached hydrogens (tertiary/aromatic N) is 3. The lowest BCUT2D eigenvalue weighted by atomic mass is 9.74. The molecule has 1 saturated heterocycles. The van der Waals surface area contributed by atoms with E-state index in [0.29, 0.717) is 0 Å². The minimum absolute atomic E-state index is 0.0528. The summed E-state index contributed by atoms with van der Waals surface area (Å²) in [5, 5.41) is 19.7. The van der Waals surface area contributed by atoms with E-state index in [1.165, 1.54) is 4.90 Å². The van der Waals surface area contributed by atoms with Crippen molar-refractivity contribution in [3.63, 3.8) is 0 Å². The molecule has 0 radical (unpaired) electrons. The molecule has 0 bridgehead atoms. The largest absolute Gasteiger partial charge is 0.399 e. The second-order valence-electron chi connectivity index (χ2n) is 7.53. The van der Waals surface area contributed by atoms with Gasteiger partial charge in [-0.1, -0.05) is 49.6 Å². The summed E-state index contributed by atoms with van der Waals surface area (Å²) in [4.78, 5) is 28.1. The lowest BCUT2D eigenvalue weighted by Gasteiger charge is -2.31. The molecular formula is C21H20N4O2. The Kier molecular flexibility index (Phi) is 4.00. The van der Waals surface area contributed by atoms with Crippen molar-refractivity contribution in [3.05, 3.63) is 47.2 Å². The number of hydrogen-bond acceptors (Lipinski definition) is 5. The van der Waals surface area contributed by atoms with E-state index in [0.717, 1.165) is 37.7 Å². The number of rotatable bonds is 2. The van der Waals surface area contributed by atoms with Crippen molar-refractivity contribution in [3.8, 4) is 12.1 Å². The first-order valence-corrected chi connectivity index (χ1v) is 9.31. The quantitative estimate of drug-likeness (QED) is 0.814. The van der Waals surface area contributed by atoms with Crippen LogP contribution in [0.1, 0.15) is 43.6 Å². The molecule has 2 fully saturated rings. The first kappa shape index (κ1) is 17.3. The Morgan fingerprint density at radius 3 is 2.33 bits per heavy atom. The van der Waals surface area contributed by atoms with Gasteiger partial charge in [-0.05, 0) is 18.4 Å². The van der Waals surface area contributed by atoms with Crippen molar-refractivity contribution >= 4 is 11.8 Å². The maximum absolute atomic E-state index is 13.4. The monoisotopic (exact) mass is 360 g/mol. The number of nitrogens with two attached hydrogens (primary N) is 1. The van der Waals surface area contributed by atoms with Crippen molar-refractivity contribution in [2.75, 3.05) is 0 Å². The molecule has 1 saturated carbocycles. The van der Waals surface area contributed by atoms with Crippen LogP contribution in [0.25, 0.3) is 0 Å². The first-order chi connectivity index (χ1) is 13.1. The number of carbonyl (C=O) groups is 2. The summed E-state index contributed by atoms with van der Waals surface area (Å²) in [6.07, 6.45) is 4.53. The highest BCUT2D eigenvalue weighted by atomic mass is 16.2. The summed E-state index contributed by atoms with van der Waals surface area (Å²) >= 11 is 0. The molecule has 6 heteroatoms. The third-order valence-electron chi connectivity index (χ3n) is 6.28. The van der Waals surface area contributed by atoms with Gasteiger partial charge in [0.05, 0.1) is 29.3 Å². The van der Waals surface area contributed by atoms with Gasteiger partial charge >= 0.3 is 0 Å². The van der Waals surface area contributed by atoms with Crippen LogP contribution < -0.4 is 5.73 Å². The molecule has 1 aliphatic heterocycles. The molecule has 0 spiro atoms. The van der Waals surface area contributed by atoms with Gasteiger partial charge in [-0.25, -0.2) is 0 Å². The zero-order chi connectivity index (χ0) is 19.2. The number of likely N-dealkylation sites (tertiary alicyclic amines) is 1. The average molecular weight is 360 g/mol. The average Bonchev–Trinajstić information content (AvgIpc) is 3.10. The van der Waals surface area contributed by atoms with Crippen LogP contribution in [0.3, 0.4) is 0 Å². The zero-order valence-electron chi connectivity index (χ0n) is 14.9. The summed E-state index contributed by atoms with van der Waals surface area (Å²) < 4.78 is 0. The Balaban J connectivity index is 1.87. The number of benzene rings is 1. The number of amides is 2. The van der Waals surface area contributed by atoms with Gasteiger partial charge in [0.25, 0.3) is 5.91 Å². The number of nitriles is 2. The van der Waals surface area contributed by atoms with Gasteiger partial charge in [-0.2, -0.15) is 10.5 Å². The highest BCUT2D eigenvalue weighted by Gasteiger charge is 2.70. The Morgan fingerprint density at radius 2 is 1.74 bits per heavy atom. The second kappa shape index (κ2) is 6.25. The summed E-state index contributed by atoms with van der Waals surface area (Å²) in [6, 6.07) is 13.0. The number of imide groups is 1. The normalized spacial score (nSPS) is 31.0. The molecule has 1 aromatic rings. The highest BCUT2D eigenvalue weighted by Crippen LogP contribution is 2.58. The Hall–Kier alpha value is -3.12. The van der Waals surface area contributed by atoms with E-state index in [9.17, 15) is 20.1 Å². The molecular weight excluding hydrogens is 340 g/mol. The summed E-state index contributed by atoms with van der Waals surface area (Å²) in [5.74, 6) is -2.54. The van der Waals surface area contributed by atoms with Gasteiger partial charge in [-0.3, -0.25) is 14.5 Å². The van der Waals surface area contributed by atoms with Crippen LogP contribution in [-0.2, 0) is 9.59 Å². The van der Waals surface area contributed by atoms with Gasteiger partial charge in [-0.15, -0.1) is 0 Å². The van der Waals surface area contributed by atoms with E-state index < -0.39 is 23.2 Å². The first-order valence-electron chi connectivity index (χ1n) is 9.31. The summed E-state index contributed by atoms with van der Waals surface area (Å²) in [7, 11) is 0. The van der Waals surface area contributed by atoms with Gasteiger partial charge < -0.3 is 5.73 Å². The number of carbonyl (C=O) groups excluding carboxylic acids is 2. The number of allylic oxidation sites excluding steroid dienone is 1. The fourth-order valence-corrected chi connectivity index (χ4v) is 4.99. The fraction of sp³-hybridized carbons (Fsp3) is 0.429. The third kappa shape index (κ3) is 2.16. The van der Waals surface area contributed by atoms with E-state index in [-0.39, 0.29) is 23.2 Å². The Labute approximate surface area is 157 Å². The SMILES string of the molecule is N#CC1=C(N)C2(C#N)C(=O)N(C3CCCCC3)C(=O)C2[C@@H]1c1ccccc1. The van der Waals surface area contributed by atoms with Crippen LogP contribution in [0.2, 0.25) is 0 Å². The molecule has 4 rings (SSSR count). The van der Waals surface area contributed by atoms with Crippen molar-refractivity contribution in [1.29, 1.82) is 10.5 Å². The van der Waals surface area contributed by atoms with Crippen LogP contribution in [0.5, 0.6) is 0 Å². The molecule has 2 N–H and O–H groups in total. The van der Waals surface area contributed by atoms with Crippen LogP contribution in [0.4, 0.5) is 0 Å². The minimum atomic E-state index is -1.76. The summed E-state index contributed by atoms with van der Waals surface area (Å²) in [5.41, 5.74) is 5.30. The molecule has 136 valence electrons. The Morgan fingerprint density at radius 1 is 1.07 bits per heavy atom. The van der Waals surface area contributed by atoms with Gasteiger partial charge in [0.1, 0.15) is 0 Å². The van der Waals surface area contributed by atoms with E-state index in [4.69, 9.17) is 5.73 Å². The van der Waals surface area contributed by atoms with Crippen LogP contribution in [0, 0.1) is 34.0 Å². The lowest BCUT2D eigenvalue weighted by Crippen LogP contribution is -2.44. The molecule has 2 aliphatic carbocycles. The van der Waals surface area contributed by atoms with Gasteiger partial charge in [0, 0.05) is 12.0 Å². The highest BCUT2D eigenvalue weighted by molar-refractivity contribution is 6.12. The molecule has 27 heavy (non-hydrogen) atoms. The van der Waals surface area contributed by atoms with E-state index in [1.54, 1.807) is 0 Å². The maximum Gasteiger partial charge on any atom is 0.256 e. The predicted octanol–water partition coefficient (Wildman–Crippen LogP) is 2.35.